The standard InChI is InChI=1S/C18H18N2O/c19-11-12-21-18-9-7-16(8-10-18)20-17-6-5-14-3-1-2-4-15(14)13-17/h1-4,7-10,17,20H,5-6,12-13H2. The number of hydrogen-bond acceptors (Lipinski definition) is 3. The summed E-state index contributed by atoms with van der Waals surface area (Å²) in [6.45, 7) is 0.0895. The van der Waals surface area contributed by atoms with Crippen LogP contribution in [0.2, 0.25) is 0 Å². The number of fused-ring (bicyclic) bond motifs is 1. The van der Waals surface area contributed by atoms with Gasteiger partial charge in [-0.3, -0.25) is 0 Å². The summed E-state index contributed by atoms with van der Waals surface area (Å²) in [5.74, 6) is 0.732. The zero-order chi connectivity index (χ0) is 14.5. The minimum absolute atomic E-state index is 0.0895. The summed E-state index contributed by atoms with van der Waals surface area (Å²) in [6, 6.07) is 18.9. The maximum atomic E-state index is 8.49. The van der Waals surface area contributed by atoms with Gasteiger partial charge in [0, 0.05) is 11.7 Å². The zero-order valence-corrected chi connectivity index (χ0v) is 11.9. The van der Waals surface area contributed by atoms with Gasteiger partial charge in [-0.2, -0.15) is 5.26 Å². The van der Waals surface area contributed by atoms with Gasteiger partial charge in [0.1, 0.15) is 11.8 Å². The first-order chi connectivity index (χ1) is 10.3. The molecule has 3 nitrogen and oxygen atoms in total. The molecule has 0 radical (unpaired) electrons. The first kappa shape index (κ1) is 13.5. The second kappa shape index (κ2) is 6.32. The van der Waals surface area contributed by atoms with Gasteiger partial charge >= 0.3 is 0 Å². The summed E-state index contributed by atoms with van der Waals surface area (Å²) in [7, 11) is 0. The maximum absolute atomic E-state index is 8.49. The van der Waals surface area contributed by atoms with Crippen LogP contribution >= 0.6 is 0 Å². The Morgan fingerprint density at radius 2 is 1.86 bits per heavy atom. The van der Waals surface area contributed by atoms with E-state index in [4.69, 9.17) is 10.00 Å². The third-order valence-corrected chi connectivity index (χ3v) is 3.88. The SMILES string of the molecule is N#CCOc1ccc(NC2CCc3ccccc3C2)cc1. The lowest BCUT2D eigenvalue weighted by atomic mass is 9.88. The van der Waals surface area contributed by atoms with E-state index in [1.165, 1.54) is 11.1 Å². The van der Waals surface area contributed by atoms with Crippen LogP contribution < -0.4 is 10.1 Å². The Kier molecular flexibility index (Phi) is 4.07. The van der Waals surface area contributed by atoms with Crippen LogP contribution in [0.25, 0.3) is 0 Å². The van der Waals surface area contributed by atoms with E-state index in [9.17, 15) is 0 Å². The van der Waals surface area contributed by atoms with Crippen molar-refractivity contribution in [2.45, 2.75) is 25.3 Å². The van der Waals surface area contributed by atoms with Crippen molar-refractivity contribution >= 4 is 5.69 Å². The number of benzene rings is 2. The molecule has 2 aromatic rings. The predicted molar refractivity (Wildman–Crippen MR) is 83.4 cm³/mol. The molecule has 0 bridgehead atoms. The fraction of sp³-hybridized carbons (Fsp3) is 0.278. The van der Waals surface area contributed by atoms with Crippen LogP contribution in [0.15, 0.2) is 48.5 Å². The highest BCUT2D eigenvalue weighted by Gasteiger charge is 2.17. The van der Waals surface area contributed by atoms with Crippen molar-refractivity contribution in [1.29, 1.82) is 5.26 Å². The van der Waals surface area contributed by atoms with Crippen LogP contribution in [0.5, 0.6) is 5.75 Å². The topological polar surface area (TPSA) is 45.0 Å². The second-order valence-electron chi connectivity index (χ2n) is 5.32. The summed E-state index contributed by atoms with van der Waals surface area (Å²) >= 11 is 0. The number of nitrogens with one attached hydrogen (secondary N) is 1. The van der Waals surface area contributed by atoms with Gasteiger partial charge in [0.15, 0.2) is 6.61 Å². The molecule has 0 aliphatic heterocycles. The van der Waals surface area contributed by atoms with Gasteiger partial charge in [-0.15, -0.1) is 0 Å². The third-order valence-electron chi connectivity index (χ3n) is 3.88. The number of nitrogens with zero attached hydrogens (tertiary/aromatic N) is 1. The fourth-order valence-electron chi connectivity index (χ4n) is 2.82. The van der Waals surface area contributed by atoms with Gasteiger partial charge in [-0.1, -0.05) is 24.3 Å². The van der Waals surface area contributed by atoms with Crippen LogP contribution in [-0.2, 0) is 12.8 Å². The normalized spacial score (nSPS) is 16.6. The molecule has 0 heterocycles. The average Bonchev–Trinajstić information content (AvgIpc) is 2.54. The molecule has 1 unspecified atom stereocenters. The van der Waals surface area contributed by atoms with Crippen molar-refractivity contribution in [3.05, 3.63) is 59.7 Å². The first-order valence-corrected chi connectivity index (χ1v) is 7.28. The van der Waals surface area contributed by atoms with E-state index >= 15 is 0 Å². The molecule has 2 aromatic carbocycles. The molecule has 3 rings (SSSR count). The highest BCUT2D eigenvalue weighted by molar-refractivity contribution is 5.48. The Bertz CT molecular complexity index is 643. The molecule has 0 saturated carbocycles. The zero-order valence-electron chi connectivity index (χ0n) is 11.9. The molecule has 1 atom stereocenters. The van der Waals surface area contributed by atoms with Crippen molar-refractivity contribution < 1.29 is 4.74 Å². The Morgan fingerprint density at radius 3 is 2.62 bits per heavy atom. The molecule has 1 N–H and O–H groups in total. The molecule has 0 aromatic heterocycles. The molecule has 1 aliphatic rings. The minimum atomic E-state index is 0.0895. The van der Waals surface area contributed by atoms with E-state index in [1.807, 2.05) is 30.3 Å². The van der Waals surface area contributed by atoms with E-state index in [1.54, 1.807) is 0 Å². The van der Waals surface area contributed by atoms with Gasteiger partial charge in [0.2, 0.25) is 0 Å². The Balaban J connectivity index is 1.61. The van der Waals surface area contributed by atoms with Crippen molar-refractivity contribution in [2.75, 3.05) is 11.9 Å². The summed E-state index contributed by atoms with van der Waals surface area (Å²) in [6.07, 6.45) is 3.36. The molecular weight excluding hydrogens is 260 g/mol. The Hall–Kier alpha value is -2.47. The van der Waals surface area contributed by atoms with E-state index < -0.39 is 0 Å². The largest absolute Gasteiger partial charge is 0.479 e. The number of anilines is 1. The molecule has 21 heavy (non-hydrogen) atoms. The number of aryl methyl sites for hydroxylation is 1. The smallest absolute Gasteiger partial charge is 0.174 e. The molecule has 0 amide bonds. The summed E-state index contributed by atoms with van der Waals surface area (Å²) < 4.78 is 5.26. The monoisotopic (exact) mass is 278 g/mol. The lowest BCUT2D eigenvalue weighted by molar-refractivity contribution is 0.368. The van der Waals surface area contributed by atoms with Gasteiger partial charge in [0.25, 0.3) is 0 Å². The van der Waals surface area contributed by atoms with Crippen LogP contribution in [0.3, 0.4) is 0 Å². The van der Waals surface area contributed by atoms with Crippen molar-refractivity contribution in [3.63, 3.8) is 0 Å². The molecule has 0 fully saturated rings. The summed E-state index contributed by atoms with van der Waals surface area (Å²) in [5.41, 5.74) is 4.04. The van der Waals surface area contributed by atoms with Gasteiger partial charge < -0.3 is 10.1 Å². The highest BCUT2D eigenvalue weighted by atomic mass is 16.5. The maximum Gasteiger partial charge on any atom is 0.174 e. The number of hydrogen-bond donors (Lipinski definition) is 1. The van der Waals surface area contributed by atoms with Gasteiger partial charge in [0.05, 0.1) is 0 Å². The average molecular weight is 278 g/mol. The molecular formula is C18H18N2O. The summed E-state index contributed by atoms with van der Waals surface area (Å²) in [5, 5.41) is 12.1. The minimum Gasteiger partial charge on any atom is -0.479 e. The van der Waals surface area contributed by atoms with E-state index in [-0.39, 0.29) is 6.61 Å². The predicted octanol–water partition coefficient (Wildman–Crippen LogP) is 3.56. The van der Waals surface area contributed by atoms with Crippen molar-refractivity contribution in [3.8, 4) is 11.8 Å². The van der Waals surface area contributed by atoms with Crippen LogP contribution in [0, 0.1) is 11.3 Å². The quantitative estimate of drug-likeness (QED) is 0.930. The van der Waals surface area contributed by atoms with Gasteiger partial charge in [-0.25, -0.2) is 0 Å². The molecule has 106 valence electrons. The number of nitriles is 1. The van der Waals surface area contributed by atoms with E-state index in [2.05, 4.69) is 29.6 Å². The molecule has 3 heteroatoms. The lowest BCUT2D eigenvalue weighted by Crippen LogP contribution is -2.27. The van der Waals surface area contributed by atoms with Gasteiger partial charge in [-0.05, 0) is 54.7 Å². The van der Waals surface area contributed by atoms with Crippen LogP contribution in [-0.4, -0.2) is 12.6 Å². The highest BCUT2D eigenvalue weighted by Crippen LogP contribution is 2.24. The van der Waals surface area contributed by atoms with Crippen molar-refractivity contribution in [2.24, 2.45) is 0 Å². The molecule has 0 spiro atoms. The van der Waals surface area contributed by atoms with Crippen molar-refractivity contribution in [1.82, 2.24) is 0 Å². The van der Waals surface area contributed by atoms with Crippen LogP contribution in [0.4, 0.5) is 5.69 Å². The van der Waals surface area contributed by atoms with E-state index in [0.29, 0.717) is 6.04 Å². The fourth-order valence-corrected chi connectivity index (χ4v) is 2.82. The molecule has 0 saturated heterocycles. The molecule has 1 aliphatic carbocycles. The number of rotatable bonds is 4. The van der Waals surface area contributed by atoms with E-state index in [0.717, 1.165) is 30.7 Å². The number of ether oxygens (including phenoxy) is 1. The van der Waals surface area contributed by atoms with Crippen LogP contribution in [0.1, 0.15) is 17.5 Å². The lowest BCUT2D eigenvalue weighted by Gasteiger charge is -2.26. The summed E-state index contributed by atoms with van der Waals surface area (Å²) in [4.78, 5) is 0. The third kappa shape index (κ3) is 3.35. The Labute approximate surface area is 125 Å². The first-order valence-electron chi connectivity index (χ1n) is 7.28. The Morgan fingerprint density at radius 1 is 1.10 bits per heavy atom. The second-order valence-corrected chi connectivity index (χ2v) is 5.32.